The summed E-state index contributed by atoms with van der Waals surface area (Å²) in [5.41, 5.74) is 0.409. The molecule has 1 saturated carbocycles. The van der Waals surface area contributed by atoms with Crippen LogP contribution in [0.1, 0.15) is 45.2 Å². The predicted octanol–water partition coefficient (Wildman–Crippen LogP) is 1.96. The first kappa shape index (κ1) is 22.1. The molecule has 1 aromatic heterocycles. The minimum atomic E-state index is -0.318. The fourth-order valence-electron chi connectivity index (χ4n) is 5.15. The second-order valence-electron chi connectivity index (χ2n) is 8.95. The van der Waals surface area contributed by atoms with E-state index in [-0.39, 0.29) is 41.6 Å². The average molecular weight is 433 g/mol. The second kappa shape index (κ2) is 9.61. The molecule has 4 atom stereocenters. The van der Waals surface area contributed by atoms with Gasteiger partial charge in [0.1, 0.15) is 5.82 Å². The van der Waals surface area contributed by atoms with Gasteiger partial charge < -0.3 is 15.0 Å². The monoisotopic (exact) mass is 432 g/mol. The van der Waals surface area contributed by atoms with Crippen molar-refractivity contribution in [3.8, 4) is 0 Å². The van der Waals surface area contributed by atoms with Crippen LogP contribution in [0.5, 0.6) is 0 Å². The van der Waals surface area contributed by atoms with Crippen molar-refractivity contribution in [2.75, 3.05) is 26.2 Å². The number of pyridine rings is 1. The molecule has 170 valence electrons. The Kier molecular flexibility index (Phi) is 6.86. The van der Waals surface area contributed by atoms with Crippen molar-refractivity contribution in [3.63, 3.8) is 0 Å². The van der Waals surface area contributed by atoms with E-state index in [1.165, 1.54) is 6.07 Å². The van der Waals surface area contributed by atoms with Crippen molar-refractivity contribution >= 4 is 11.8 Å². The topological polar surface area (TPSA) is 74.8 Å². The van der Waals surface area contributed by atoms with Crippen LogP contribution in [0.4, 0.5) is 4.39 Å². The number of carbonyl (C=O) groups excluding carboxylic acids is 2. The highest BCUT2D eigenvalue weighted by atomic mass is 19.1. The van der Waals surface area contributed by atoms with E-state index in [0.717, 1.165) is 12.8 Å². The lowest BCUT2D eigenvalue weighted by molar-refractivity contribution is -0.133. The number of fused-ring (bicyclic) bond motifs is 1. The Balaban J connectivity index is 1.48. The normalized spacial score (nSPS) is 27.8. The highest BCUT2D eigenvalue weighted by molar-refractivity contribution is 5.77. The zero-order chi connectivity index (χ0) is 22.0. The van der Waals surface area contributed by atoms with Crippen LogP contribution < -0.4 is 5.32 Å². The number of carbonyl (C=O) groups is 2. The minimum absolute atomic E-state index is 0.0645. The van der Waals surface area contributed by atoms with Gasteiger partial charge >= 0.3 is 0 Å². The fourth-order valence-corrected chi connectivity index (χ4v) is 5.15. The van der Waals surface area contributed by atoms with Gasteiger partial charge in [0.05, 0.1) is 24.8 Å². The first-order valence-electron chi connectivity index (χ1n) is 11.5. The van der Waals surface area contributed by atoms with Gasteiger partial charge in [-0.15, -0.1) is 0 Å². The maximum absolute atomic E-state index is 14.2. The largest absolute Gasteiger partial charge is 0.376 e. The van der Waals surface area contributed by atoms with Crippen LogP contribution in [0.15, 0.2) is 18.3 Å². The molecule has 2 saturated heterocycles. The first-order chi connectivity index (χ1) is 15.0. The molecule has 8 heteroatoms. The van der Waals surface area contributed by atoms with Crippen molar-refractivity contribution in [3.05, 3.63) is 29.8 Å². The van der Waals surface area contributed by atoms with Gasteiger partial charge in [-0.25, -0.2) is 4.39 Å². The second-order valence-corrected chi connectivity index (χ2v) is 8.95. The average Bonchev–Trinajstić information content (AvgIpc) is 3.36. The molecule has 0 bridgehead atoms. The minimum Gasteiger partial charge on any atom is -0.376 e. The standard InChI is InChI=1S/C23H33FN4O3/c1-3-27(4-2)22(30)11-20-23-15(10-21(29)26-16-7-8-16)12-28(19(23)14-31-20)13-18-17(24)6-5-9-25-18/h5-6,9,15-16,19-20,23H,3-4,7-8,10-14H2,1-2H3,(H,26,29)/t15-,19-,20+,23-/m1/s1. The third kappa shape index (κ3) is 5.06. The first-order valence-corrected chi connectivity index (χ1v) is 11.5. The highest BCUT2D eigenvalue weighted by Gasteiger charge is 2.51. The van der Waals surface area contributed by atoms with E-state index < -0.39 is 0 Å². The van der Waals surface area contributed by atoms with Crippen LogP contribution in [0.3, 0.4) is 0 Å². The van der Waals surface area contributed by atoms with Gasteiger partial charge in [-0.05, 0) is 44.7 Å². The van der Waals surface area contributed by atoms with Crippen molar-refractivity contribution in [2.45, 2.75) is 64.3 Å². The molecule has 31 heavy (non-hydrogen) atoms. The van der Waals surface area contributed by atoms with E-state index in [9.17, 15) is 14.0 Å². The Morgan fingerprint density at radius 2 is 2.06 bits per heavy atom. The number of amides is 2. The third-order valence-electron chi connectivity index (χ3n) is 6.91. The van der Waals surface area contributed by atoms with Crippen molar-refractivity contribution in [2.24, 2.45) is 11.8 Å². The third-order valence-corrected chi connectivity index (χ3v) is 6.91. The molecule has 1 aromatic rings. The van der Waals surface area contributed by atoms with Gasteiger partial charge in [0.25, 0.3) is 0 Å². The van der Waals surface area contributed by atoms with Gasteiger partial charge in [-0.2, -0.15) is 0 Å². The molecule has 3 fully saturated rings. The van der Waals surface area contributed by atoms with E-state index in [2.05, 4.69) is 15.2 Å². The van der Waals surface area contributed by atoms with Crippen molar-refractivity contribution < 1.29 is 18.7 Å². The van der Waals surface area contributed by atoms with Crippen LogP contribution in [-0.4, -0.2) is 71.0 Å². The van der Waals surface area contributed by atoms with E-state index in [4.69, 9.17) is 4.74 Å². The predicted molar refractivity (Wildman–Crippen MR) is 113 cm³/mol. The zero-order valence-electron chi connectivity index (χ0n) is 18.4. The van der Waals surface area contributed by atoms with E-state index in [1.807, 2.05) is 18.7 Å². The number of nitrogens with one attached hydrogen (secondary N) is 1. The molecule has 0 unspecified atom stereocenters. The van der Waals surface area contributed by atoms with Gasteiger partial charge in [0.15, 0.2) is 0 Å². The summed E-state index contributed by atoms with van der Waals surface area (Å²) in [6, 6.07) is 3.40. The molecule has 4 rings (SSSR count). The van der Waals surface area contributed by atoms with Crippen LogP contribution in [0.25, 0.3) is 0 Å². The fraction of sp³-hybridized carbons (Fsp3) is 0.696. The molecule has 2 aliphatic heterocycles. The van der Waals surface area contributed by atoms with Crippen LogP contribution in [0.2, 0.25) is 0 Å². The highest BCUT2D eigenvalue weighted by Crippen LogP contribution is 2.42. The number of hydrogen-bond acceptors (Lipinski definition) is 5. The summed E-state index contributed by atoms with van der Waals surface area (Å²) in [6.45, 7) is 6.86. The molecular weight excluding hydrogens is 399 g/mol. The Morgan fingerprint density at radius 1 is 1.29 bits per heavy atom. The van der Waals surface area contributed by atoms with Crippen molar-refractivity contribution in [1.82, 2.24) is 20.1 Å². The molecule has 1 aliphatic carbocycles. The molecule has 1 N–H and O–H groups in total. The van der Waals surface area contributed by atoms with Crippen LogP contribution in [0, 0.1) is 17.7 Å². The number of hydrogen-bond donors (Lipinski definition) is 1. The lowest BCUT2D eigenvalue weighted by atomic mass is 9.84. The molecular formula is C23H33FN4O3. The quantitative estimate of drug-likeness (QED) is 0.646. The number of likely N-dealkylation sites (tertiary alicyclic amines) is 1. The lowest BCUT2D eigenvalue weighted by Crippen LogP contribution is -2.37. The summed E-state index contributed by atoms with van der Waals surface area (Å²) in [4.78, 5) is 33.5. The summed E-state index contributed by atoms with van der Waals surface area (Å²) >= 11 is 0. The van der Waals surface area contributed by atoms with Gasteiger partial charge in [-0.1, -0.05) is 0 Å². The summed E-state index contributed by atoms with van der Waals surface area (Å²) in [5.74, 6) is -0.00573. The van der Waals surface area contributed by atoms with E-state index in [1.54, 1.807) is 12.3 Å². The molecule has 0 radical (unpaired) electrons. The van der Waals surface area contributed by atoms with Gasteiger partial charge in [0, 0.05) is 56.8 Å². The molecule has 7 nitrogen and oxygen atoms in total. The van der Waals surface area contributed by atoms with Crippen molar-refractivity contribution in [1.29, 1.82) is 0 Å². The Labute approximate surface area is 183 Å². The Morgan fingerprint density at radius 3 is 2.74 bits per heavy atom. The summed E-state index contributed by atoms with van der Waals surface area (Å²) in [7, 11) is 0. The van der Waals surface area contributed by atoms with Gasteiger partial charge in [0.2, 0.25) is 11.8 Å². The number of aromatic nitrogens is 1. The lowest BCUT2D eigenvalue weighted by Gasteiger charge is -2.26. The van der Waals surface area contributed by atoms with Crippen LogP contribution >= 0.6 is 0 Å². The number of ether oxygens (including phenoxy) is 1. The Hall–Kier alpha value is -2.06. The molecule has 3 aliphatic rings. The SMILES string of the molecule is CCN(CC)C(=O)C[C@@H]1OC[C@@H]2[C@H]1[C@H](CC(=O)NC1CC1)CN2Cc1ncccc1F. The summed E-state index contributed by atoms with van der Waals surface area (Å²) < 4.78 is 20.3. The number of halogens is 1. The molecule has 3 heterocycles. The zero-order valence-corrected chi connectivity index (χ0v) is 18.4. The Bertz CT molecular complexity index is 799. The van der Waals surface area contributed by atoms with Gasteiger partial charge in [-0.3, -0.25) is 19.5 Å². The number of rotatable bonds is 9. The molecule has 0 spiro atoms. The molecule has 0 aromatic carbocycles. The maximum atomic E-state index is 14.2. The summed E-state index contributed by atoms with van der Waals surface area (Å²) in [6.07, 6.45) is 4.24. The molecule has 2 amide bonds. The smallest absolute Gasteiger partial charge is 0.225 e. The van der Waals surface area contributed by atoms with E-state index >= 15 is 0 Å². The van der Waals surface area contributed by atoms with Crippen LogP contribution in [-0.2, 0) is 20.9 Å². The number of nitrogens with zero attached hydrogens (tertiary/aromatic N) is 3. The maximum Gasteiger partial charge on any atom is 0.225 e. The summed E-state index contributed by atoms with van der Waals surface area (Å²) in [5, 5.41) is 3.08. The van der Waals surface area contributed by atoms with E-state index in [0.29, 0.717) is 57.4 Å².